The monoisotopic (exact) mass is 551 g/mol. The van der Waals surface area contributed by atoms with Gasteiger partial charge in [-0.1, -0.05) is 35.5 Å². The molecule has 3 aromatic rings. The second-order valence-corrected chi connectivity index (χ2v) is 12.0. The normalized spacial score (nSPS) is 22.8. The maximum absolute atomic E-state index is 12.3. The van der Waals surface area contributed by atoms with Gasteiger partial charge in [0.1, 0.15) is 17.9 Å². The van der Waals surface area contributed by atoms with Crippen molar-refractivity contribution in [3.8, 4) is 5.75 Å². The van der Waals surface area contributed by atoms with E-state index in [9.17, 15) is 18.0 Å². The third-order valence-corrected chi connectivity index (χ3v) is 7.51. The van der Waals surface area contributed by atoms with Crippen LogP contribution in [0.2, 0.25) is 0 Å². The Labute approximate surface area is 226 Å². The Balaban J connectivity index is 1.33. The van der Waals surface area contributed by atoms with E-state index in [4.69, 9.17) is 9.57 Å². The number of hydrogen-bond acceptors (Lipinski definition) is 8. The van der Waals surface area contributed by atoms with Crippen molar-refractivity contribution in [3.63, 3.8) is 0 Å². The van der Waals surface area contributed by atoms with Gasteiger partial charge >= 0.3 is 6.03 Å². The largest absolute Gasteiger partial charge is 0.489 e. The first kappa shape index (κ1) is 26.6. The van der Waals surface area contributed by atoms with Gasteiger partial charge in [0.25, 0.3) is 5.91 Å². The number of aryl methyl sites for hydroxylation is 1. The number of carbonyl (C=O) groups is 2. The van der Waals surface area contributed by atoms with Crippen molar-refractivity contribution in [2.45, 2.75) is 44.4 Å². The van der Waals surface area contributed by atoms with Crippen LogP contribution in [0.3, 0.4) is 0 Å². The third kappa shape index (κ3) is 5.71. The summed E-state index contributed by atoms with van der Waals surface area (Å²) in [6.07, 6.45) is 1.40. The van der Waals surface area contributed by atoms with Gasteiger partial charge < -0.3 is 14.9 Å². The molecule has 0 saturated carbocycles. The Kier molecular flexibility index (Phi) is 6.77. The lowest BCUT2D eigenvalue weighted by Crippen LogP contribution is -2.46. The van der Waals surface area contributed by atoms with Gasteiger partial charge in [0, 0.05) is 35.0 Å². The summed E-state index contributed by atoms with van der Waals surface area (Å²) < 4.78 is 32.4. The van der Waals surface area contributed by atoms with Gasteiger partial charge in [-0.3, -0.25) is 15.1 Å². The van der Waals surface area contributed by atoms with Crippen LogP contribution in [0.5, 0.6) is 5.75 Å². The predicted molar refractivity (Wildman–Crippen MR) is 145 cm³/mol. The van der Waals surface area contributed by atoms with Crippen LogP contribution in [-0.2, 0) is 31.9 Å². The first-order valence-electron chi connectivity index (χ1n) is 12.4. The second-order valence-electron chi connectivity index (χ2n) is 10.2. The number of sulfonamides is 1. The number of benzene rings is 2. The lowest BCUT2D eigenvalue weighted by Gasteiger charge is -2.28. The minimum atomic E-state index is -3.53. The molecule has 0 bridgehead atoms. The number of urea groups is 1. The average molecular weight is 552 g/mol. The molecule has 39 heavy (non-hydrogen) atoms. The Morgan fingerprint density at radius 2 is 1.87 bits per heavy atom. The molecule has 3 heterocycles. The molecule has 0 aliphatic carbocycles. The molecule has 3 amide bonds. The van der Waals surface area contributed by atoms with Crippen LogP contribution < -0.4 is 20.1 Å². The van der Waals surface area contributed by atoms with Crippen molar-refractivity contribution in [2.75, 3.05) is 12.8 Å². The molecule has 3 N–H and O–H groups in total. The summed E-state index contributed by atoms with van der Waals surface area (Å²) in [5.41, 5.74) is 1.72. The highest BCUT2D eigenvalue weighted by Gasteiger charge is 2.47. The molecule has 0 spiro atoms. The lowest BCUT2D eigenvalue weighted by molar-refractivity contribution is -0.123. The van der Waals surface area contributed by atoms with Gasteiger partial charge in [-0.05, 0) is 38.1 Å². The van der Waals surface area contributed by atoms with Crippen LogP contribution in [0, 0.1) is 6.92 Å². The summed E-state index contributed by atoms with van der Waals surface area (Å²) in [5.74, 6) is 0.168. The highest BCUT2D eigenvalue weighted by Crippen LogP contribution is 2.37. The number of imide groups is 1. The molecule has 2 aliphatic heterocycles. The van der Waals surface area contributed by atoms with Crippen LogP contribution in [0.1, 0.15) is 36.6 Å². The summed E-state index contributed by atoms with van der Waals surface area (Å²) in [5, 5.41) is 10.0. The van der Waals surface area contributed by atoms with Crippen molar-refractivity contribution in [3.05, 3.63) is 71.4 Å². The van der Waals surface area contributed by atoms with Gasteiger partial charge in [0.2, 0.25) is 10.0 Å². The number of aromatic nitrogens is 1. The summed E-state index contributed by atoms with van der Waals surface area (Å²) in [6, 6.07) is 16.5. The van der Waals surface area contributed by atoms with Crippen molar-refractivity contribution in [2.24, 2.45) is 5.16 Å². The fourth-order valence-electron chi connectivity index (χ4n) is 4.88. The zero-order chi connectivity index (χ0) is 27.8. The van der Waals surface area contributed by atoms with E-state index >= 15 is 0 Å². The maximum Gasteiger partial charge on any atom is 0.322 e. The molecule has 2 aromatic carbocycles. The van der Waals surface area contributed by atoms with E-state index in [-0.39, 0.29) is 19.4 Å². The van der Waals surface area contributed by atoms with Crippen molar-refractivity contribution < 1.29 is 27.6 Å². The maximum atomic E-state index is 12.3. The molecule has 2 aliphatic rings. The number of oxime groups is 1. The highest BCUT2D eigenvalue weighted by molar-refractivity contribution is 7.88. The van der Waals surface area contributed by atoms with Gasteiger partial charge in [-0.25, -0.2) is 17.9 Å². The number of ether oxygens (including phenoxy) is 1. The number of pyridine rings is 1. The molecule has 1 aromatic heterocycles. The SMILES string of the molecule is Cc1cc(COc2ccc(C3(CNS(C)(=O)=O)CC(CC4(C)NC(=O)NC4=O)=NO3)cc2)c2ccccc2n1. The fraction of sp³-hybridized carbons (Fsp3) is 0.333. The van der Waals surface area contributed by atoms with Crippen molar-refractivity contribution in [1.82, 2.24) is 20.3 Å². The molecule has 1 saturated heterocycles. The zero-order valence-electron chi connectivity index (χ0n) is 21.8. The first-order chi connectivity index (χ1) is 18.4. The van der Waals surface area contributed by atoms with Crippen LogP contribution >= 0.6 is 0 Å². The Hall–Kier alpha value is -4.03. The van der Waals surface area contributed by atoms with Crippen molar-refractivity contribution in [1.29, 1.82) is 0 Å². The number of nitrogens with zero attached hydrogens (tertiary/aromatic N) is 2. The molecule has 1 fully saturated rings. The Bertz CT molecular complexity index is 1590. The van der Waals surface area contributed by atoms with E-state index in [1.54, 1.807) is 31.2 Å². The minimum absolute atomic E-state index is 0.0728. The number of carbonyl (C=O) groups excluding carboxylic acids is 2. The van der Waals surface area contributed by atoms with E-state index < -0.39 is 33.1 Å². The molecule has 12 heteroatoms. The molecular formula is C27H29N5O6S. The number of rotatable bonds is 9. The van der Waals surface area contributed by atoms with Gasteiger partial charge in [-0.15, -0.1) is 0 Å². The minimum Gasteiger partial charge on any atom is -0.489 e. The zero-order valence-corrected chi connectivity index (χ0v) is 22.6. The molecule has 204 valence electrons. The molecule has 2 atom stereocenters. The van der Waals surface area contributed by atoms with E-state index in [0.29, 0.717) is 23.6 Å². The van der Waals surface area contributed by atoms with Gasteiger partial charge in [0.05, 0.1) is 24.0 Å². The van der Waals surface area contributed by atoms with Crippen LogP contribution in [0.25, 0.3) is 10.9 Å². The number of fused-ring (bicyclic) bond motifs is 1. The molecule has 2 unspecified atom stereocenters. The summed E-state index contributed by atoms with van der Waals surface area (Å²) in [4.78, 5) is 34.4. The number of amides is 3. The van der Waals surface area contributed by atoms with Crippen LogP contribution in [0.4, 0.5) is 4.79 Å². The highest BCUT2D eigenvalue weighted by atomic mass is 32.2. The Morgan fingerprint density at radius 3 is 2.56 bits per heavy atom. The average Bonchev–Trinajstić information content (AvgIpc) is 3.40. The summed E-state index contributed by atoms with van der Waals surface area (Å²) >= 11 is 0. The third-order valence-electron chi connectivity index (χ3n) is 6.84. The predicted octanol–water partition coefficient (Wildman–Crippen LogP) is 2.63. The molecule has 0 radical (unpaired) electrons. The van der Waals surface area contributed by atoms with E-state index in [1.165, 1.54) is 0 Å². The van der Waals surface area contributed by atoms with Gasteiger partial charge in [-0.2, -0.15) is 0 Å². The standard InChI is InChI=1S/C27H29N5O6S/c1-17-12-18(22-6-4-5-7-23(22)29-17)15-37-21-10-8-19(9-11-21)27(16-28-39(3,35)36)14-20(32-38-27)13-26(2)24(33)30-25(34)31-26/h4-12,28H,13-16H2,1-3H3,(H2,30,31,33,34). The van der Waals surface area contributed by atoms with E-state index in [1.807, 2.05) is 37.3 Å². The van der Waals surface area contributed by atoms with Crippen LogP contribution in [0.15, 0.2) is 59.8 Å². The topological polar surface area (TPSA) is 148 Å². The fourth-order valence-corrected chi connectivity index (χ4v) is 5.38. The number of nitrogens with one attached hydrogen (secondary N) is 3. The van der Waals surface area contributed by atoms with E-state index in [0.717, 1.165) is 28.4 Å². The Morgan fingerprint density at radius 1 is 1.13 bits per heavy atom. The summed E-state index contributed by atoms with van der Waals surface area (Å²) in [7, 11) is -3.53. The molecule has 5 rings (SSSR count). The summed E-state index contributed by atoms with van der Waals surface area (Å²) in [6.45, 7) is 3.82. The van der Waals surface area contributed by atoms with E-state index in [2.05, 4.69) is 25.5 Å². The smallest absolute Gasteiger partial charge is 0.322 e. The number of para-hydroxylation sites is 1. The molecule has 11 nitrogen and oxygen atoms in total. The molecular weight excluding hydrogens is 522 g/mol. The van der Waals surface area contributed by atoms with Crippen LogP contribution in [-0.4, -0.2) is 49.4 Å². The second kappa shape index (κ2) is 9.93. The first-order valence-corrected chi connectivity index (χ1v) is 14.2. The van der Waals surface area contributed by atoms with Gasteiger partial charge in [0.15, 0.2) is 5.60 Å². The van der Waals surface area contributed by atoms with Crippen molar-refractivity contribution >= 4 is 38.6 Å². The lowest BCUT2D eigenvalue weighted by atomic mass is 9.85. The number of hydrogen-bond donors (Lipinski definition) is 3. The quantitative estimate of drug-likeness (QED) is 0.346.